The summed E-state index contributed by atoms with van der Waals surface area (Å²) in [7, 11) is 2.03. The summed E-state index contributed by atoms with van der Waals surface area (Å²) >= 11 is 1.39. The van der Waals surface area contributed by atoms with E-state index >= 15 is 0 Å². The van der Waals surface area contributed by atoms with Crippen LogP contribution in [0.1, 0.15) is 11.3 Å². The van der Waals surface area contributed by atoms with E-state index in [4.69, 9.17) is 0 Å². The van der Waals surface area contributed by atoms with Crippen LogP contribution in [0.2, 0.25) is 0 Å². The Hall–Kier alpha value is -0.450. The number of aromatic nitrogens is 1. The summed E-state index contributed by atoms with van der Waals surface area (Å²) in [6.07, 6.45) is 2.57. The molecule has 3 nitrogen and oxygen atoms in total. The van der Waals surface area contributed by atoms with Crippen LogP contribution in [-0.4, -0.2) is 34.5 Å². The average molecular weight is 184 g/mol. The highest BCUT2D eigenvalue weighted by molar-refractivity contribution is 7.05. The Morgan fingerprint density at radius 3 is 3.08 bits per heavy atom. The minimum absolute atomic E-state index is 0.629. The second-order valence-electron chi connectivity index (χ2n) is 3.40. The van der Waals surface area contributed by atoms with E-state index in [1.165, 1.54) is 11.5 Å². The van der Waals surface area contributed by atoms with Crippen molar-refractivity contribution in [2.75, 3.05) is 20.1 Å². The SMILES string of the molecule is CN1CCC(O)(c2ccns2)C1. The van der Waals surface area contributed by atoms with Crippen LogP contribution in [0.25, 0.3) is 0 Å². The highest BCUT2D eigenvalue weighted by Crippen LogP contribution is 2.32. The van der Waals surface area contributed by atoms with Gasteiger partial charge in [0.1, 0.15) is 5.60 Å². The first-order chi connectivity index (χ1) is 5.71. The normalized spacial score (nSPS) is 31.2. The molecule has 0 bridgehead atoms. The van der Waals surface area contributed by atoms with Crippen molar-refractivity contribution in [1.29, 1.82) is 0 Å². The molecule has 1 aromatic heterocycles. The van der Waals surface area contributed by atoms with E-state index in [0.717, 1.165) is 24.4 Å². The number of likely N-dealkylation sites (N-methyl/N-ethyl adjacent to an activating group) is 1. The predicted octanol–water partition coefficient (Wildman–Crippen LogP) is 0.666. The van der Waals surface area contributed by atoms with E-state index in [-0.39, 0.29) is 0 Å². The van der Waals surface area contributed by atoms with E-state index in [1.54, 1.807) is 6.20 Å². The molecule has 4 heteroatoms. The third-order valence-electron chi connectivity index (χ3n) is 2.34. The van der Waals surface area contributed by atoms with E-state index in [1.807, 2.05) is 13.1 Å². The molecule has 1 atom stereocenters. The lowest BCUT2D eigenvalue weighted by atomic mass is 10.0. The fourth-order valence-corrected chi connectivity index (χ4v) is 2.33. The molecular formula is C8H12N2OS. The van der Waals surface area contributed by atoms with Gasteiger partial charge in [-0.3, -0.25) is 0 Å². The van der Waals surface area contributed by atoms with Crippen LogP contribution >= 0.6 is 11.5 Å². The largest absolute Gasteiger partial charge is 0.383 e. The highest BCUT2D eigenvalue weighted by atomic mass is 32.1. The van der Waals surface area contributed by atoms with Crippen LogP contribution < -0.4 is 0 Å². The first-order valence-corrected chi connectivity index (χ1v) is 4.80. The molecule has 0 aromatic carbocycles. The maximum atomic E-state index is 10.2. The van der Waals surface area contributed by atoms with Gasteiger partial charge in [0.2, 0.25) is 0 Å². The fraction of sp³-hybridized carbons (Fsp3) is 0.625. The molecule has 0 spiro atoms. The molecule has 1 aliphatic rings. The van der Waals surface area contributed by atoms with E-state index < -0.39 is 5.60 Å². The molecule has 1 aromatic rings. The number of hydrogen-bond donors (Lipinski definition) is 1. The first kappa shape index (κ1) is 8.16. The molecule has 1 saturated heterocycles. The van der Waals surface area contributed by atoms with E-state index in [9.17, 15) is 5.11 Å². The van der Waals surface area contributed by atoms with Gasteiger partial charge in [0.25, 0.3) is 0 Å². The highest BCUT2D eigenvalue weighted by Gasteiger charge is 2.37. The summed E-state index contributed by atoms with van der Waals surface area (Å²) in [4.78, 5) is 3.13. The molecule has 1 aliphatic heterocycles. The van der Waals surface area contributed by atoms with Gasteiger partial charge < -0.3 is 10.0 Å². The topological polar surface area (TPSA) is 36.4 Å². The van der Waals surface area contributed by atoms with Crippen molar-refractivity contribution < 1.29 is 5.11 Å². The smallest absolute Gasteiger partial charge is 0.114 e. The Labute approximate surface area is 75.8 Å². The minimum Gasteiger partial charge on any atom is -0.383 e. The van der Waals surface area contributed by atoms with Crippen LogP contribution in [0, 0.1) is 0 Å². The molecule has 2 rings (SSSR count). The van der Waals surface area contributed by atoms with Gasteiger partial charge in [0, 0.05) is 19.3 Å². The second kappa shape index (κ2) is 2.80. The van der Waals surface area contributed by atoms with Crippen LogP contribution in [0.15, 0.2) is 12.3 Å². The maximum Gasteiger partial charge on any atom is 0.114 e. The second-order valence-corrected chi connectivity index (χ2v) is 4.23. The van der Waals surface area contributed by atoms with Crippen molar-refractivity contribution in [3.8, 4) is 0 Å². The van der Waals surface area contributed by atoms with Crippen molar-refractivity contribution in [1.82, 2.24) is 9.27 Å². The average Bonchev–Trinajstić information content (AvgIpc) is 2.59. The molecule has 1 unspecified atom stereocenters. The van der Waals surface area contributed by atoms with Crippen LogP contribution in [0.4, 0.5) is 0 Å². The van der Waals surface area contributed by atoms with Crippen LogP contribution in [-0.2, 0) is 5.60 Å². The lowest BCUT2D eigenvalue weighted by molar-refractivity contribution is 0.0526. The number of hydrogen-bond acceptors (Lipinski definition) is 4. The number of aliphatic hydroxyl groups is 1. The van der Waals surface area contributed by atoms with Crippen LogP contribution in [0.3, 0.4) is 0 Å². The number of β-amino-alcohol motifs (C(OH)–C–C–N with tert-alkyl or cyclic N) is 1. The summed E-state index contributed by atoms with van der Waals surface area (Å²) < 4.78 is 4.00. The van der Waals surface area contributed by atoms with E-state index in [2.05, 4.69) is 9.27 Å². The van der Waals surface area contributed by atoms with Crippen molar-refractivity contribution >= 4 is 11.5 Å². The Kier molecular flexibility index (Phi) is 1.90. The van der Waals surface area contributed by atoms with Gasteiger partial charge in [0.15, 0.2) is 0 Å². The Morgan fingerprint density at radius 1 is 1.75 bits per heavy atom. The summed E-state index contributed by atoms with van der Waals surface area (Å²) in [6.45, 7) is 1.70. The lowest BCUT2D eigenvalue weighted by Crippen LogP contribution is -2.27. The Balaban J connectivity index is 2.23. The van der Waals surface area contributed by atoms with Gasteiger partial charge in [0.05, 0.1) is 4.88 Å². The molecule has 0 saturated carbocycles. The Morgan fingerprint density at radius 2 is 2.58 bits per heavy atom. The molecule has 2 heterocycles. The molecular weight excluding hydrogens is 172 g/mol. The zero-order valence-corrected chi connectivity index (χ0v) is 7.84. The fourth-order valence-electron chi connectivity index (χ4n) is 1.64. The van der Waals surface area contributed by atoms with Gasteiger partial charge in [-0.2, -0.15) is 0 Å². The van der Waals surface area contributed by atoms with Crippen molar-refractivity contribution in [2.24, 2.45) is 0 Å². The predicted molar refractivity (Wildman–Crippen MR) is 48.1 cm³/mol. The molecule has 0 amide bonds. The Bertz CT molecular complexity index is 262. The first-order valence-electron chi connectivity index (χ1n) is 4.03. The van der Waals surface area contributed by atoms with Crippen molar-refractivity contribution in [3.63, 3.8) is 0 Å². The van der Waals surface area contributed by atoms with E-state index in [0.29, 0.717) is 0 Å². The molecule has 12 heavy (non-hydrogen) atoms. The monoisotopic (exact) mass is 184 g/mol. The summed E-state index contributed by atoms with van der Waals surface area (Å²) in [5.41, 5.74) is -0.629. The molecule has 1 N–H and O–H groups in total. The minimum atomic E-state index is -0.629. The molecule has 0 radical (unpaired) electrons. The molecule has 66 valence electrons. The number of nitrogens with zero attached hydrogens (tertiary/aromatic N) is 2. The number of rotatable bonds is 1. The van der Waals surface area contributed by atoms with Gasteiger partial charge in [-0.15, -0.1) is 0 Å². The quantitative estimate of drug-likeness (QED) is 0.696. The zero-order chi connectivity index (χ0) is 8.60. The summed E-state index contributed by atoms with van der Waals surface area (Å²) in [6, 6.07) is 1.91. The van der Waals surface area contributed by atoms with Gasteiger partial charge >= 0.3 is 0 Å². The van der Waals surface area contributed by atoms with Crippen molar-refractivity contribution in [2.45, 2.75) is 12.0 Å². The third-order valence-corrected chi connectivity index (χ3v) is 3.27. The zero-order valence-electron chi connectivity index (χ0n) is 7.03. The standard InChI is InChI=1S/C8H12N2OS/c1-10-5-3-8(11,6-10)7-2-4-9-12-7/h2,4,11H,3,5-6H2,1H3. The lowest BCUT2D eigenvalue weighted by Gasteiger charge is -2.19. The van der Waals surface area contributed by atoms with Gasteiger partial charge in [-0.25, -0.2) is 4.37 Å². The summed E-state index contributed by atoms with van der Waals surface area (Å²) in [5, 5.41) is 10.2. The van der Waals surface area contributed by atoms with Gasteiger partial charge in [-0.1, -0.05) is 0 Å². The molecule has 1 fully saturated rings. The number of likely N-dealkylation sites (tertiary alicyclic amines) is 1. The molecule has 0 aliphatic carbocycles. The third kappa shape index (κ3) is 1.26. The maximum absolute atomic E-state index is 10.2. The van der Waals surface area contributed by atoms with Crippen molar-refractivity contribution in [3.05, 3.63) is 17.1 Å². The summed E-state index contributed by atoms with van der Waals surface area (Å²) in [5.74, 6) is 0. The van der Waals surface area contributed by atoms with Crippen LogP contribution in [0.5, 0.6) is 0 Å². The van der Waals surface area contributed by atoms with Gasteiger partial charge in [-0.05, 0) is 31.1 Å².